The minimum Gasteiger partial charge on any atom is -0.478 e. The largest absolute Gasteiger partial charge is 0.478 e. The molecule has 0 saturated carbocycles. The number of hydrogen-bond donors (Lipinski definition) is 2. The Bertz CT molecular complexity index is 1090. The second-order valence-corrected chi connectivity index (χ2v) is 5.97. The van der Waals surface area contributed by atoms with Crippen LogP contribution in [0.5, 0.6) is 0 Å². The average Bonchev–Trinajstić information content (AvgIpc) is 3.05. The summed E-state index contributed by atoms with van der Waals surface area (Å²) in [5, 5.41) is 17.9. The van der Waals surface area contributed by atoms with Crippen LogP contribution in [0.1, 0.15) is 10.4 Å². The number of halogens is 1. The molecule has 0 unspecified atom stereocenters. The first-order valence-corrected chi connectivity index (χ1v) is 7.95. The Morgan fingerprint density at radius 3 is 2.48 bits per heavy atom. The van der Waals surface area contributed by atoms with E-state index in [1.165, 1.54) is 0 Å². The number of carbonyl (C=O) groups is 1. The maximum Gasteiger partial charge on any atom is 0.336 e. The normalized spacial score (nSPS) is 10.9. The number of pyridine rings is 1. The van der Waals surface area contributed by atoms with Gasteiger partial charge < -0.3 is 5.11 Å². The molecule has 6 heteroatoms. The van der Waals surface area contributed by atoms with Gasteiger partial charge in [-0.2, -0.15) is 5.10 Å². The third-order valence-electron chi connectivity index (χ3n) is 3.94. The zero-order valence-corrected chi connectivity index (χ0v) is 13.7. The van der Waals surface area contributed by atoms with Crippen LogP contribution in [0.25, 0.3) is 33.5 Å². The molecule has 0 amide bonds. The molecule has 2 heterocycles. The van der Waals surface area contributed by atoms with Crippen LogP contribution in [-0.4, -0.2) is 26.3 Å². The van der Waals surface area contributed by atoms with Crippen molar-refractivity contribution in [3.8, 4) is 22.5 Å². The molecule has 2 aromatic carbocycles. The highest BCUT2D eigenvalue weighted by Gasteiger charge is 2.19. The SMILES string of the molecule is O=C(O)c1cc(-c2cccc(Cl)c2)nc2n[nH]c(-c3ccccc3)c12. The first kappa shape index (κ1) is 15.4. The molecule has 122 valence electrons. The number of fused-ring (bicyclic) bond motifs is 1. The van der Waals surface area contributed by atoms with E-state index in [2.05, 4.69) is 15.2 Å². The predicted octanol–water partition coefficient (Wildman–Crippen LogP) is 4.64. The van der Waals surface area contributed by atoms with Gasteiger partial charge in [-0.25, -0.2) is 9.78 Å². The molecule has 25 heavy (non-hydrogen) atoms. The maximum absolute atomic E-state index is 11.9. The van der Waals surface area contributed by atoms with Crippen LogP contribution in [0, 0.1) is 0 Å². The predicted molar refractivity (Wildman–Crippen MR) is 96.7 cm³/mol. The van der Waals surface area contributed by atoms with Gasteiger partial charge in [0.15, 0.2) is 5.65 Å². The number of aromatic nitrogens is 3. The summed E-state index contributed by atoms with van der Waals surface area (Å²) < 4.78 is 0. The molecule has 4 rings (SSSR count). The molecule has 5 nitrogen and oxygen atoms in total. The van der Waals surface area contributed by atoms with Crippen molar-refractivity contribution in [2.24, 2.45) is 0 Å². The number of carboxylic acids is 1. The van der Waals surface area contributed by atoms with Gasteiger partial charge in [0.2, 0.25) is 0 Å². The molecule has 0 fully saturated rings. The summed E-state index contributed by atoms with van der Waals surface area (Å²) >= 11 is 6.03. The minimum absolute atomic E-state index is 0.146. The fourth-order valence-electron chi connectivity index (χ4n) is 2.80. The van der Waals surface area contributed by atoms with E-state index in [4.69, 9.17) is 11.6 Å². The molecule has 0 radical (unpaired) electrons. The fourth-order valence-corrected chi connectivity index (χ4v) is 2.99. The smallest absolute Gasteiger partial charge is 0.336 e. The molecule has 0 aliphatic carbocycles. The number of aromatic amines is 1. The Morgan fingerprint density at radius 1 is 1.00 bits per heavy atom. The van der Waals surface area contributed by atoms with Gasteiger partial charge in [0, 0.05) is 16.1 Å². The topological polar surface area (TPSA) is 78.9 Å². The Kier molecular flexibility index (Phi) is 3.71. The number of aromatic carboxylic acids is 1. The Morgan fingerprint density at radius 2 is 1.76 bits per heavy atom. The lowest BCUT2D eigenvalue weighted by Gasteiger charge is -2.06. The number of nitrogens with one attached hydrogen (secondary N) is 1. The van der Waals surface area contributed by atoms with Gasteiger partial charge in [-0.05, 0) is 18.2 Å². The summed E-state index contributed by atoms with van der Waals surface area (Å²) in [7, 11) is 0. The summed E-state index contributed by atoms with van der Waals surface area (Å²) in [6.45, 7) is 0. The second kappa shape index (κ2) is 6.03. The third-order valence-corrected chi connectivity index (χ3v) is 4.17. The van der Waals surface area contributed by atoms with Crippen LogP contribution in [0.15, 0.2) is 60.7 Å². The van der Waals surface area contributed by atoms with Gasteiger partial charge in [-0.3, -0.25) is 5.10 Å². The van der Waals surface area contributed by atoms with E-state index in [1.807, 2.05) is 36.4 Å². The highest BCUT2D eigenvalue weighted by Crippen LogP contribution is 2.31. The molecule has 4 aromatic rings. The van der Waals surface area contributed by atoms with Gasteiger partial charge in [-0.15, -0.1) is 0 Å². The number of nitrogens with zero attached hydrogens (tertiary/aromatic N) is 2. The van der Waals surface area contributed by atoms with E-state index < -0.39 is 5.97 Å². The molecule has 0 aliphatic heterocycles. The number of hydrogen-bond acceptors (Lipinski definition) is 3. The van der Waals surface area contributed by atoms with Gasteiger partial charge in [0.1, 0.15) is 0 Å². The summed E-state index contributed by atoms with van der Waals surface area (Å²) in [6, 6.07) is 18.1. The summed E-state index contributed by atoms with van der Waals surface area (Å²) in [6.07, 6.45) is 0. The van der Waals surface area contributed by atoms with Crippen molar-refractivity contribution in [2.45, 2.75) is 0 Å². The van der Waals surface area contributed by atoms with Gasteiger partial charge in [-0.1, -0.05) is 54.1 Å². The zero-order valence-electron chi connectivity index (χ0n) is 12.9. The molecule has 0 aliphatic rings. The van der Waals surface area contributed by atoms with E-state index in [9.17, 15) is 9.90 Å². The Hall–Kier alpha value is -3.18. The van der Waals surface area contributed by atoms with E-state index in [0.717, 1.165) is 11.1 Å². The second-order valence-electron chi connectivity index (χ2n) is 5.53. The Labute approximate surface area is 147 Å². The van der Waals surface area contributed by atoms with Crippen LogP contribution in [0.4, 0.5) is 0 Å². The molecule has 2 N–H and O–H groups in total. The standard InChI is InChI=1S/C19H12ClN3O2/c20-13-8-4-7-12(9-13)15-10-14(19(24)25)16-17(22-23-18(16)21-15)11-5-2-1-3-6-11/h1-10H,(H,24,25)(H,21,22,23). The van der Waals surface area contributed by atoms with Crippen LogP contribution in [0.3, 0.4) is 0 Å². The molecule has 0 bridgehead atoms. The quantitative estimate of drug-likeness (QED) is 0.564. The van der Waals surface area contributed by atoms with Crippen LogP contribution in [0.2, 0.25) is 5.02 Å². The van der Waals surface area contributed by atoms with Gasteiger partial charge >= 0.3 is 5.97 Å². The number of benzene rings is 2. The third kappa shape index (κ3) is 2.75. The Balaban J connectivity index is 1.99. The summed E-state index contributed by atoms with van der Waals surface area (Å²) in [5.41, 5.74) is 3.24. The van der Waals surface area contributed by atoms with Crippen molar-refractivity contribution in [3.63, 3.8) is 0 Å². The summed E-state index contributed by atoms with van der Waals surface area (Å²) in [4.78, 5) is 16.4. The van der Waals surface area contributed by atoms with Gasteiger partial charge in [0.25, 0.3) is 0 Å². The van der Waals surface area contributed by atoms with Crippen molar-refractivity contribution in [1.82, 2.24) is 15.2 Å². The van der Waals surface area contributed by atoms with Crippen molar-refractivity contribution in [3.05, 3.63) is 71.2 Å². The van der Waals surface area contributed by atoms with E-state index in [0.29, 0.717) is 27.4 Å². The molecule has 0 spiro atoms. The van der Waals surface area contributed by atoms with Crippen LogP contribution in [-0.2, 0) is 0 Å². The molecule has 0 atom stereocenters. The first-order valence-electron chi connectivity index (χ1n) is 7.57. The lowest BCUT2D eigenvalue weighted by atomic mass is 10.0. The molecule has 0 saturated heterocycles. The monoisotopic (exact) mass is 349 g/mol. The van der Waals surface area contributed by atoms with E-state index >= 15 is 0 Å². The molecule has 2 aromatic heterocycles. The van der Waals surface area contributed by atoms with Crippen molar-refractivity contribution in [2.75, 3.05) is 0 Å². The van der Waals surface area contributed by atoms with Crippen LogP contribution >= 0.6 is 11.6 Å². The van der Waals surface area contributed by atoms with Crippen molar-refractivity contribution < 1.29 is 9.90 Å². The zero-order chi connectivity index (χ0) is 17.4. The number of carboxylic acid groups (broad SMARTS) is 1. The first-order chi connectivity index (χ1) is 12.1. The fraction of sp³-hybridized carbons (Fsp3) is 0. The minimum atomic E-state index is -1.03. The highest BCUT2D eigenvalue weighted by molar-refractivity contribution is 6.30. The molecular formula is C19H12ClN3O2. The van der Waals surface area contributed by atoms with Crippen molar-refractivity contribution in [1.29, 1.82) is 0 Å². The number of rotatable bonds is 3. The van der Waals surface area contributed by atoms with Crippen molar-refractivity contribution >= 4 is 28.6 Å². The maximum atomic E-state index is 11.9. The van der Waals surface area contributed by atoms with E-state index in [1.54, 1.807) is 24.3 Å². The number of H-pyrrole nitrogens is 1. The average molecular weight is 350 g/mol. The van der Waals surface area contributed by atoms with E-state index in [-0.39, 0.29) is 5.56 Å². The molecular weight excluding hydrogens is 338 g/mol. The summed E-state index contributed by atoms with van der Waals surface area (Å²) in [5.74, 6) is -1.03. The van der Waals surface area contributed by atoms with Crippen LogP contribution < -0.4 is 0 Å². The van der Waals surface area contributed by atoms with Gasteiger partial charge in [0.05, 0.1) is 22.3 Å². The highest BCUT2D eigenvalue weighted by atomic mass is 35.5. The lowest BCUT2D eigenvalue weighted by molar-refractivity contribution is 0.0699. The lowest BCUT2D eigenvalue weighted by Crippen LogP contribution is -2.00.